The van der Waals surface area contributed by atoms with Crippen molar-refractivity contribution in [3.05, 3.63) is 0 Å². The Kier molecular flexibility index (Phi) is 4.45. The number of rotatable bonds is 3. The lowest BCUT2D eigenvalue weighted by Gasteiger charge is -2.21. The largest absolute Gasteiger partial charge is 0.311 e. The molecule has 0 aromatic heterocycles. The third-order valence-corrected chi connectivity index (χ3v) is 4.09. The molecule has 1 atom stereocenters. The summed E-state index contributed by atoms with van der Waals surface area (Å²) in [6.07, 6.45) is 9.90. The molecule has 1 aliphatic heterocycles. The van der Waals surface area contributed by atoms with E-state index in [1.54, 1.807) is 0 Å². The lowest BCUT2D eigenvalue weighted by Crippen LogP contribution is -2.37. The zero-order valence-electron chi connectivity index (χ0n) is 10.2. The van der Waals surface area contributed by atoms with Crippen LogP contribution in [0.25, 0.3) is 0 Å². The van der Waals surface area contributed by atoms with Crippen LogP contribution in [0.3, 0.4) is 0 Å². The minimum atomic E-state index is 0.810. The first kappa shape index (κ1) is 11.4. The van der Waals surface area contributed by atoms with Gasteiger partial charge in [-0.2, -0.15) is 0 Å². The zero-order chi connectivity index (χ0) is 10.5. The van der Waals surface area contributed by atoms with Crippen molar-refractivity contribution in [3.63, 3.8) is 0 Å². The number of hydrogen-bond donors (Lipinski definition) is 1. The van der Waals surface area contributed by atoms with Gasteiger partial charge in [0.1, 0.15) is 0 Å². The van der Waals surface area contributed by atoms with Crippen molar-refractivity contribution in [1.82, 2.24) is 10.2 Å². The minimum absolute atomic E-state index is 0.810. The van der Waals surface area contributed by atoms with Crippen molar-refractivity contribution in [2.24, 2.45) is 0 Å². The Hall–Kier alpha value is -0.0800. The predicted molar refractivity (Wildman–Crippen MR) is 65.1 cm³/mol. The first-order valence-electron chi connectivity index (χ1n) is 6.87. The lowest BCUT2D eigenvalue weighted by atomic mass is 10.1. The molecule has 0 bridgehead atoms. The molecule has 1 N–H and O–H groups in total. The molecule has 2 rings (SSSR count). The van der Waals surface area contributed by atoms with Crippen molar-refractivity contribution >= 4 is 0 Å². The summed E-state index contributed by atoms with van der Waals surface area (Å²) < 4.78 is 0. The average molecular weight is 210 g/mol. The Morgan fingerprint density at radius 2 is 1.60 bits per heavy atom. The number of nitrogens with zero attached hydrogens (tertiary/aromatic N) is 1. The lowest BCUT2D eigenvalue weighted by molar-refractivity contribution is 0.295. The summed E-state index contributed by atoms with van der Waals surface area (Å²) in [4.78, 5) is 2.59. The van der Waals surface area contributed by atoms with Crippen LogP contribution in [0, 0.1) is 0 Å². The van der Waals surface area contributed by atoms with E-state index in [-0.39, 0.29) is 0 Å². The van der Waals surface area contributed by atoms with Crippen LogP contribution in [-0.2, 0) is 0 Å². The van der Waals surface area contributed by atoms with E-state index in [1.165, 1.54) is 64.6 Å². The smallest absolute Gasteiger partial charge is 0.00823 e. The molecular weight excluding hydrogens is 184 g/mol. The number of nitrogens with one attached hydrogen (secondary N) is 1. The highest BCUT2D eigenvalue weighted by Crippen LogP contribution is 2.20. The molecular formula is C13H26N2. The first-order valence-corrected chi connectivity index (χ1v) is 6.87. The summed E-state index contributed by atoms with van der Waals surface area (Å²) in [7, 11) is 0. The normalized spacial score (nSPS) is 30.6. The van der Waals surface area contributed by atoms with Gasteiger partial charge in [0.05, 0.1) is 0 Å². The third kappa shape index (κ3) is 3.46. The maximum absolute atomic E-state index is 3.88. The van der Waals surface area contributed by atoms with E-state index in [0.717, 1.165) is 12.1 Å². The zero-order valence-corrected chi connectivity index (χ0v) is 10.2. The molecule has 0 amide bonds. The molecule has 15 heavy (non-hydrogen) atoms. The van der Waals surface area contributed by atoms with Gasteiger partial charge in [0.15, 0.2) is 0 Å². The predicted octanol–water partition coefficient (Wildman–Crippen LogP) is 2.39. The van der Waals surface area contributed by atoms with Crippen molar-refractivity contribution in [2.75, 3.05) is 19.6 Å². The van der Waals surface area contributed by atoms with Gasteiger partial charge in [-0.3, -0.25) is 0 Å². The molecule has 2 fully saturated rings. The highest BCUT2D eigenvalue weighted by atomic mass is 15.1. The fourth-order valence-electron chi connectivity index (χ4n) is 3.06. The summed E-state index contributed by atoms with van der Waals surface area (Å²) in [5.41, 5.74) is 0. The Morgan fingerprint density at radius 1 is 0.933 bits per heavy atom. The standard InChI is InChI=1S/C13H26N2/c1-2-15-10-5-8-13(9-11-15)14-12-6-3-4-7-12/h12-14H,2-11H2,1H3. The molecule has 0 aromatic rings. The summed E-state index contributed by atoms with van der Waals surface area (Å²) in [6.45, 7) is 6.14. The molecule has 1 heterocycles. The molecule has 2 heteroatoms. The molecule has 2 aliphatic rings. The fourth-order valence-corrected chi connectivity index (χ4v) is 3.06. The van der Waals surface area contributed by atoms with Crippen LogP contribution in [0.2, 0.25) is 0 Å². The maximum Gasteiger partial charge on any atom is 0.00823 e. The molecule has 1 unspecified atom stereocenters. The van der Waals surface area contributed by atoms with Crippen molar-refractivity contribution in [3.8, 4) is 0 Å². The quantitative estimate of drug-likeness (QED) is 0.769. The molecule has 1 aliphatic carbocycles. The molecule has 0 aromatic carbocycles. The van der Waals surface area contributed by atoms with Gasteiger partial charge in [0.2, 0.25) is 0 Å². The molecule has 2 nitrogen and oxygen atoms in total. The van der Waals surface area contributed by atoms with Crippen LogP contribution in [0.4, 0.5) is 0 Å². The van der Waals surface area contributed by atoms with Crippen LogP contribution in [0.5, 0.6) is 0 Å². The van der Waals surface area contributed by atoms with Crippen molar-refractivity contribution in [1.29, 1.82) is 0 Å². The third-order valence-electron chi connectivity index (χ3n) is 4.09. The summed E-state index contributed by atoms with van der Waals surface area (Å²) >= 11 is 0. The van der Waals surface area contributed by atoms with E-state index in [4.69, 9.17) is 0 Å². The summed E-state index contributed by atoms with van der Waals surface area (Å²) in [5, 5.41) is 3.88. The first-order chi connectivity index (χ1) is 7.38. The van der Waals surface area contributed by atoms with Crippen LogP contribution in [-0.4, -0.2) is 36.6 Å². The molecule has 0 radical (unpaired) electrons. The topological polar surface area (TPSA) is 15.3 Å². The van der Waals surface area contributed by atoms with E-state index < -0.39 is 0 Å². The molecule has 1 saturated heterocycles. The van der Waals surface area contributed by atoms with Crippen LogP contribution >= 0.6 is 0 Å². The van der Waals surface area contributed by atoms with Crippen LogP contribution < -0.4 is 5.32 Å². The van der Waals surface area contributed by atoms with Gasteiger partial charge < -0.3 is 10.2 Å². The van der Waals surface area contributed by atoms with E-state index in [0.29, 0.717) is 0 Å². The Balaban J connectivity index is 1.72. The van der Waals surface area contributed by atoms with Crippen molar-refractivity contribution in [2.45, 2.75) is 64.0 Å². The van der Waals surface area contributed by atoms with Crippen LogP contribution in [0.1, 0.15) is 51.9 Å². The van der Waals surface area contributed by atoms with Gasteiger partial charge in [-0.25, -0.2) is 0 Å². The Bertz CT molecular complexity index is 175. The van der Waals surface area contributed by atoms with Gasteiger partial charge in [-0.05, 0) is 51.7 Å². The SMILES string of the molecule is CCN1CCCC(NC2CCCC2)CC1. The second kappa shape index (κ2) is 5.86. The van der Waals surface area contributed by atoms with Gasteiger partial charge in [0.25, 0.3) is 0 Å². The van der Waals surface area contributed by atoms with Crippen molar-refractivity contribution < 1.29 is 0 Å². The molecule has 0 spiro atoms. The highest BCUT2D eigenvalue weighted by molar-refractivity contribution is 4.81. The average Bonchev–Trinajstić information content (AvgIpc) is 2.64. The Morgan fingerprint density at radius 3 is 2.33 bits per heavy atom. The van der Waals surface area contributed by atoms with E-state index in [1.807, 2.05) is 0 Å². The minimum Gasteiger partial charge on any atom is -0.311 e. The highest BCUT2D eigenvalue weighted by Gasteiger charge is 2.21. The summed E-state index contributed by atoms with van der Waals surface area (Å²) in [6, 6.07) is 1.66. The number of hydrogen-bond acceptors (Lipinski definition) is 2. The van der Waals surface area contributed by atoms with E-state index >= 15 is 0 Å². The monoisotopic (exact) mass is 210 g/mol. The van der Waals surface area contributed by atoms with Gasteiger partial charge in [-0.15, -0.1) is 0 Å². The fraction of sp³-hybridized carbons (Fsp3) is 1.00. The Labute approximate surface area is 94.4 Å². The maximum atomic E-state index is 3.88. The van der Waals surface area contributed by atoms with Crippen LogP contribution in [0.15, 0.2) is 0 Å². The second-order valence-corrected chi connectivity index (χ2v) is 5.21. The molecule has 88 valence electrons. The van der Waals surface area contributed by atoms with Gasteiger partial charge in [-0.1, -0.05) is 19.8 Å². The molecule has 1 saturated carbocycles. The summed E-state index contributed by atoms with van der Waals surface area (Å²) in [5.74, 6) is 0. The second-order valence-electron chi connectivity index (χ2n) is 5.21. The van der Waals surface area contributed by atoms with E-state index in [2.05, 4.69) is 17.1 Å². The van der Waals surface area contributed by atoms with Gasteiger partial charge >= 0.3 is 0 Å². The number of likely N-dealkylation sites (tertiary alicyclic amines) is 1. The van der Waals surface area contributed by atoms with Gasteiger partial charge in [0, 0.05) is 12.1 Å². The van der Waals surface area contributed by atoms with E-state index in [9.17, 15) is 0 Å².